The first kappa shape index (κ1) is 29.9. The normalized spacial score (nSPS) is 11.1. The van der Waals surface area contributed by atoms with Gasteiger partial charge in [0.15, 0.2) is 0 Å². The fourth-order valence-corrected chi connectivity index (χ4v) is 4.90. The summed E-state index contributed by atoms with van der Waals surface area (Å²) in [4.78, 5) is 15.7. The van der Waals surface area contributed by atoms with Crippen LogP contribution in [-0.2, 0) is 16.6 Å². The van der Waals surface area contributed by atoms with Crippen LogP contribution in [-0.4, -0.2) is 36.7 Å². The van der Waals surface area contributed by atoms with Gasteiger partial charge in [0, 0.05) is 29.9 Å². The zero-order valence-electron chi connectivity index (χ0n) is 22.2. The number of carbonyl (C=O) groups excluding carboxylic acids is 1. The summed E-state index contributed by atoms with van der Waals surface area (Å²) in [6, 6.07) is 20.8. The Balaban J connectivity index is 1.76. The topological polar surface area (TPSA) is 128 Å². The summed E-state index contributed by atoms with van der Waals surface area (Å²) in [5, 5.41) is 19.6. The van der Waals surface area contributed by atoms with E-state index in [1.165, 1.54) is 6.07 Å². The van der Waals surface area contributed by atoms with Crippen molar-refractivity contribution in [1.82, 2.24) is 10.2 Å². The van der Waals surface area contributed by atoms with E-state index in [0.29, 0.717) is 46.9 Å². The van der Waals surface area contributed by atoms with Crippen LogP contribution in [0.5, 0.6) is 0 Å². The van der Waals surface area contributed by atoms with E-state index in [1.807, 2.05) is 31.2 Å². The van der Waals surface area contributed by atoms with E-state index in [2.05, 4.69) is 17.6 Å². The Morgan fingerprint density at radius 3 is 2.38 bits per heavy atom. The van der Waals surface area contributed by atoms with Gasteiger partial charge in [-0.05, 0) is 48.2 Å². The molecule has 0 aliphatic carbocycles. The highest BCUT2D eigenvalue weighted by Crippen LogP contribution is 2.27. The van der Waals surface area contributed by atoms with Gasteiger partial charge >= 0.3 is 6.03 Å². The van der Waals surface area contributed by atoms with Crippen LogP contribution in [0.2, 0.25) is 0 Å². The van der Waals surface area contributed by atoms with Gasteiger partial charge in [0.05, 0.1) is 9.88 Å². The van der Waals surface area contributed by atoms with E-state index in [1.54, 1.807) is 47.4 Å². The molecule has 3 aromatic carbocycles. The second-order valence-electron chi connectivity index (χ2n) is 9.15. The van der Waals surface area contributed by atoms with Gasteiger partial charge in [-0.1, -0.05) is 87.4 Å². The summed E-state index contributed by atoms with van der Waals surface area (Å²) >= 11 is 5.20. The van der Waals surface area contributed by atoms with Crippen molar-refractivity contribution < 1.29 is 13.2 Å². The van der Waals surface area contributed by atoms with Crippen molar-refractivity contribution in [1.29, 1.82) is 5.41 Å². The summed E-state index contributed by atoms with van der Waals surface area (Å²) in [5.41, 5.74) is 3.37. The lowest BCUT2D eigenvalue weighted by Crippen LogP contribution is -2.35. The molecule has 0 aliphatic rings. The highest BCUT2D eigenvalue weighted by molar-refractivity contribution is 7.89. The van der Waals surface area contributed by atoms with Crippen LogP contribution in [0.3, 0.4) is 0 Å². The van der Waals surface area contributed by atoms with E-state index in [0.717, 1.165) is 24.8 Å². The minimum atomic E-state index is -3.88. The average molecular weight is 566 g/mol. The maximum absolute atomic E-state index is 13.3. The number of sulfonamides is 1. The number of anilines is 1. The number of unbranched alkanes of at least 4 members (excludes halogenated alkanes) is 2. The second kappa shape index (κ2) is 14.0. The number of primary sulfonamides is 1. The first-order valence-corrected chi connectivity index (χ1v) is 14.8. The molecule has 0 aromatic heterocycles. The molecule has 0 saturated carbocycles. The number of urea groups is 1. The molecule has 0 atom stereocenters. The monoisotopic (exact) mass is 565 g/mol. The number of amidine groups is 1. The third-order valence-corrected chi connectivity index (χ3v) is 7.49. The molecule has 0 bridgehead atoms. The molecule has 0 unspecified atom stereocenters. The van der Waals surface area contributed by atoms with Crippen molar-refractivity contribution >= 4 is 44.8 Å². The van der Waals surface area contributed by atoms with Gasteiger partial charge in [0.2, 0.25) is 10.0 Å². The van der Waals surface area contributed by atoms with Crippen molar-refractivity contribution in [3.8, 4) is 11.1 Å². The molecular weight excluding hydrogens is 530 g/mol. The number of amides is 2. The molecule has 0 fully saturated rings. The smallest absolute Gasteiger partial charge is 0.322 e. The molecule has 0 heterocycles. The van der Waals surface area contributed by atoms with Crippen molar-refractivity contribution in [3.63, 3.8) is 0 Å². The molecule has 0 aliphatic heterocycles. The lowest BCUT2D eigenvalue weighted by atomic mass is 10.1. The third kappa shape index (κ3) is 8.71. The highest BCUT2D eigenvalue weighted by Gasteiger charge is 2.17. The first-order valence-electron chi connectivity index (χ1n) is 12.9. The van der Waals surface area contributed by atoms with Gasteiger partial charge in [-0.2, -0.15) is 0 Å². The Morgan fingerprint density at radius 1 is 1.00 bits per heavy atom. The molecule has 3 rings (SSSR count). The molecule has 0 spiro atoms. The Hall–Kier alpha value is -3.60. The summed E-state index contributed by atoms with van der Waals surface area (Å²) in [7, 11) is -3.88. The van der Waals surface area contributed by atoms with E-state index >= 15 is 0 Å². The zero-order chi connectivity index (χ0) is 28.4. The minimum Gasteiger partial charge on any atom is -0.335 e. The zero-order valence-corrected chi connectivity index (χ0v) is 23.9. The second-order valence-corrected chi connectivity index (χ2v) is 11.2. The predicted molar refractivity (Wildman–Crippen MR) is 162 cm³/mol. The van der Waals surface area contributed by atoms with Crippen LogP contribution >= 0.6 is 12.2 Å². The largest absolute Gasteiger partial charge is 0.335 e. The van der Waals surface area contributed by atoms with Gasteiger partial charge < -0.3 is 15.5 Å². The van der Waals surface area contributed by atoms with Crippen LogP contribution in [0.15, 0.2) is 77.7 Å². The highest BCUT2D eigenvalue weighted by atomic mass is 32.2. The maximum atomic E-state index is 13.3. The molecule has 0 saturated heterocycles. The van der Waals surface area contributed by atoms with Crippen LogP contribution in [0.4, 0.5) is 10.5 Å². The van der Waals surface area contributed by atoms with Gasteiger partial charge in [-0.15, -0.1) is 0 Å². The quantitative estimate of drug-likeness (QED) is 0.0999. The predicted octanol–water partition coefficient (Wildman–Crippen LogP) is 5.88. The summed E-state index contributed by atoms with van der Waals surface area (Å²) in [5.74, 6) is 0.231. The third-order valence-electron chi connectivity index (χ3n) is 6.13. The molecule has 39 heavy (non-hydrogen) atoms. The number of carbonyl (C=O) groups is 1. The maximum Gasteiger partial charge on any atom is 0.322 e. The molecular formula is C29H35N5O3S2. The Morgan fingerprint density at radius 2 is 1.72 bits per heavy atom. The van der Waals surface area contributed by atoms with Crippen molar-refractivity contribution in [3.05, 3.63) is 83.9 Å². The van der Waals surface area contributed by atoms with Crippen molar-refractivity contribution in [2.75, 3.05) is 11.9 Å². The molecule has 2 amide bonds. The van der Waals surface area contributed by atoms with Crippen LogP contribution < -0.4 is 15.8 Å². The molecule has 206 valence electrons. The van der Waals surface area contributed by atoms with Crippen LogP contribution in [0.1, 0.15) is 50.7 Å². The number of rotatable bonds is 11. The fraction of sp³-hybridized carbons (Fsp3) is 0.276. The molecule has 5 N–H and O–H groups in total. The number of thiocarbonyl (C=S) groups is 1. The minimum absolute atomic E-state index is 0.0471. The lowest BCUT2D eigenvalue weighted by molar-refractivity contribution is 0.208. The Bertz CT molecular complexity index is 1420. The number of hydrogen-bond acceptors (Lipinski definition) is 5. The summed E-state index contributed by atoms with van der Waals surface area (Å²) in [6.07, 6.45) is 3.56. The van der Waals surface area contributed by atoms with Crippen molar-refractivity contribution in [2.24, 2.45) is 5.14 Å². The number of nitrogens with one attached hydrogen (secondary N) is 3. The van der Waals surface area contributed by atoms with E-state index in [-0.39, 0.29) is 16.8 Å². The molecule has 8 nitrogen and oxygen atoms in total. The average Bonchev–Trinajstić information content (AvgIpc) is 2.92. The summed E-state index contributed by atoms with van der Waals surface area (Å²) in [6.45, 7) is 5.01. The van der Waals surface area contributed by atoms with Gasteiger partial charge in [0.1, 0.15) is 5.84 Å². The van der Waals surface area contributed by atoms with Gasteiger partial charge in [-0.25, -0.2) is 18.4 Å². The summed E-state index contributed by atoms with van der Waals surface area (Å²) < 4.78 is 24.0. The van der Waals surface area contributed by atoms with Gasteiger partial charge in [-0.3, -0.25) is 5.41 Å². The van der Waals surface area contributed by atoms with Crippen LogP contribution in [0, 0.1) is 5.41 Å². The number of nitrogens with zero attached hydrogens (tertiary/aromatic N) is 1. The van der Waals surface area contributed by atoms with E-state index < -0.39 is 10.0 Å². The Labute approximate surface area is 236 Å². The number of hydrogen-bond donors (Lipinski definition) is 4. The number of benzene rings is 3. The number of nitrogens with two attached hydrogens (primary N) is 1. The lowest BCUT2D eigenvalue weighted by Gasteiger charge is -2.24. The Kier molecular flexibility index (Phi) is 10.7. The first-order chi connectivity index (χ1) is 18.6. The standard InChI is InChI=1S/C29H35N5O3S2/c1-3-5-8-18-34(20-21-10-9-11-23(19-21)28(30)33-27(38)4-2)29(35)32-24-16-14-22(15-17-24)25-12-6-7-13-26(25)39(31,36)37/h6-7,9-17,19H,3-5,8,18,20H2,1-2H3,(H,32,35)(H2,30,33,38)(H2,31,36,37). The van der Waals surface area contributed by atoms with Crippen LogP contribution in [0.25, 0.3) is 11.1 Å². The molecule has 3 aromatic rings. The van der Waals surface area contributed by atoms with E-state index in [9.17, 15) is 13.2 Å². The molecule has 0 radical (unpaired) electrons. The fourth-order valence-electron chi connectivity index (χ4n) is 4.04. The molecule has 10 heteroatoms. The van der Waals surface area contributed by atoms with Gasteiger partial charge in [0.25, 0.3) is 0 Å². The SMILES string of the molecule is CCCCCN(Cc1cccc(C(=N)NC(=S)CC)c1)C(=O)Nc1ccc(-c2ccccc2S(N)(=O)=O)cc1. The van der Waals surface area contributed by atoms with Crippen molar-refractivity contribution in [2.45, 2.75) is 51.0 Å². The van der Waals surface area contributed by atoms with E-state index in [4.69, 9.17) is 22.8 Å².